The highest BCUT2D eigenvalue weighted by molar-refractivity contribution is 5.43. The third-order valence-electron chi connectivity index (χ3n) is 3.79. The van der Waals surface area contributed by atoms with Crippen LogP contribution in [-0.4, -0.2) is 0 Å². The van der Waals surface area contributed by atoms with Crippen molar-refractivity contribution in [2.24, 2.45) is 5.73 Å². The van der Waals surface area contributed by atoms with Crippen LogP contribution < -0.4 is 5.73 Å². The molecule has 0 amide bonds. The van der Waals surface area contributed by atoms with Crippen LogP contribution in [-0.2, 0) is 6.18 Å². The fourth-order valence-electron chi connectivity index (χ4n) is 2.41. The molecule has 0 saturated heterocycles. The molecule has 0 radical (unpaired) electrons. The first kappa shape index (κ1) is 15.6. The van der Waals surface area contributed by atoms with Crippen LogP contribution in [0, 0.1) is 20.8 Å². The Labute approximate surface area is 122 Å². The van der Waals surface area contributed by atoms with Crippen molar-refractivity contribution in [2.45, 2.75) is 33.0 Å². The SMILES string of the molecule is Cc1cc(C)c(C(N)c2cccc(C(F)(F)F)c2)cc1C. The first-order valence-corrected chi connectivity index (χ1v) is 6.70. The predicted molar refractivity (Wildman–Crippen MR) is 78.1 cm³/mol. The minimum atomic E-state index is -4.35. The topological polar surface area (TPSA) is 26.0 Å². The zero-order valence-electron chi connectivity index (χ0n) is 12.3. The lowest BCUT2D eigenvalue weighted by molar-refractivity contribution is -0.137. The number of aryl methyl sites for hydroxylation is 3. The smallest absolute Gasteiger partial charge is 0.320 e. The summed E-state index contributed by atoms with van der Waals surface area (Å²) in [7, 11) is 0. The Morgan fingerprint density at radius 2 is 1.52 bits per heavy atom. The molecular weight excluding hydrogens is 275 g/mol. The molecule has 0 aliphatic heterocycles. The first-order chi connectivity index (χ1) is 9.70. The lowest BCUT2D eigenvalue weighted by Crippen LogP contribution is -2.15. The summed E-state index contributed by atoms with van der Waals surface area (Å²) in [6.45, 7) is 5.90. The maximum Gasteiger partial charge on any atom is 0.416 e. The second-order valence-electron chi connectivity index (χ2n) is 5.39. The van der Waals surface area contributed by atoms with Gasteiger partial charge in [0.15, 0.2) is 0 Å². The van der Waals surface area contributed by atoms with Crippen LogP contribution in [0.15, 0.2) is 36.4 Å². The number of alkyl halides is 3. The third kappa shape index (κ3) is 3.27. The molecular formula is C17H18F3N. The van der Waals surface area contributed by atoms with Crippen LogP contribution in [0.1, 0.15) is 39.4 Å². The van der Waals surface area contributed by atoms with Crippen LogP contribution in [0.4, 0.5) is 13.2 Å². The second-order valence-corrected chi connectivity index (χ2v) is 5.39. The highest BCUT2D eigenvalue weighted by Crippen LogP contribution is 2.32. The van der Waals surface area contributed by atoms with Crippen molar-refractivity contribution >= 4 is 0 Å². The number of hydrogen-bond acceptors (Lipinski definition) is 1. The molecule has 0 fully saturated rings. The van der Waals surface area contributed by atoms with E-state index in [2.05, 4.69) is 0 Å². The Bertz CT molecular complexity index is 660. The monoisotopic (exact) mass is 293 g/mol. The predicted octanol–water partition coefficient (Wildman–Crippen LogP) is 4.68. The molecule has 0 heterocycles. The Balaban J connectivity index is 2.45. The van der Waals surface area contributed by atoms with Gasteiger partial charge >= 0.3 is 6.18 Å². The number of benzene rings is 2. The van der Waals surface area contributed by atoms with Crippen LogP contribution >= 0.6 is 0 Å². The van der Waals surface area contributed by atoms with Gasteiger partial charge in [-0.15, -0.1) is 0 Å². The number of hydrogen-bond donors (Lipinski definition) is 1. The normalized spacial score (nSPS) is 13.3. The largest absolute Gasteiger partial charge is 0.416 e. The fourth-order valence-corrected chi connectivity index (χ4v) is 2.41. The van der Waals surface area contributed by atoms with E-state index in [1.165, 1.54) is 6.07 Å². The molecule has 2 aromatic carbocycles. The fraction of sp³-hybridized carbons (Fsp3) is 0.294. The van der Waals surface area contributed by atoms with E-state index < -0.39 is 17.8 Å². The molecule has 2 aromatic rings. The summed E-state index contributed by atoms with van der Waals surface area (Å²) in [4.78, 5) is 0. The molecule has 1 unspecified atom stereocenters. The van der Waals surface area contributed by atoms with Gasteiger partial charge in [-0.25, -0.2) is 0 Å². The van der Waals surface area contributed by atoms with E-state index in [4.69, 9.17) is 5.73 Å². The van der Waals surface area contributed by atoms with Gasteiger partial charge in [-0.2, -0.15) is 13.2 Å². The van der Waals surface area contributed by atoms with Crippen LogP contribution in [0.25, 0.3) is 0 Å². The first-order valence-electron chi connectivity index (χ1n) is 6.70. The molecule has 2 rings (SSSR count). The summed E-state index contributed by atoms with van der Waals surface area (Å²) in [6, 6.07) is 8.62. The van der Waals surface area contributed by atoms with Crippen molar-refractivity contribution in [3.05, 3.63) is 69.8 Å². The van der Waals surface area contributed by atoms with Crippen LogP contribution in [0.2, 0.25) is 0 Å². The highest BCUT2D eigenvalue weighted by Gasteiger charge is 2.30. The molecule has 21 heavy (non-hydrogen) atoms. The maximum atomic E-state index is 12.8. The zero-order valence-corrected chi connectivity index (χ0v) is 12.3. The Morgan fingerprint density at radius 3 is 2.14 bits per heavy atom. The molecule has 112 valence electrons. The van der Waals surface area contributed by atoms with Gasteiger partial charge in [-0.05, 0) is 60.7 Å². The molecule has 1 atom stereocenters. The Kier molecular flexibility index (Phi) is 4.10. The van der Waals surface area contributed by atoms with Gasteiger partial charge in [0.2, 0.25) is 0 Å². The molecule has 0 aliphatic carbocycles. The number of rotatable bonds is 2. The number of halogens is 3. The van der Waals surface area contributed by atoms with Crippen LogP contribution in [0.3, 0.4) is 0 Å². The van der Waals surface area contributed by atoms with E-state index in [0.29, 0.717) is 5.56 Å². The van der Waals surface area contributed by atoms with Gasteiger partial charge in [0.1, 0.15) is 0 Å². The summed E-state index contributed by atoms with van der Waals surface area (Å²) in [5.41, 5.74) is 10.1. The minimum absolute atomic E-state index is 0.469. The molecule has 0 saturated carbocycles. The molecule has 0 aromatic heterocycles. The van der Waals surface area contributed by atoms with E-state index >= 15 is 0 Å². The van der Waals surface area contributed by atoms with Gasteiger partial charge < -0.3 is 5.73 Å². The summed E-state index contributed by atoms with van der Waals surface area (Å²) in [5, 5.41) is 0. The van der Waals surface area contributed by atoms with Gasteiger partial charge in [-0.1, -0.05) is 24.3 Å². The summed E-state index contributed by atoms with van der Waals surface area (Å²) >= 11 is 0. The quantitative estimate of drug-likeness (QED) is 0.855. The third-order valence-corrected chi connectivity index (χ3v) is 3.79. The molecule has 0 aliphatic rings. The standard InChI is InChI=1S/C17H18F3N/c1-10-7-12(3)15(8-11(10)2)16(21)13-5-4-6-14(9-13)17(18,19)20/h4-9,16H,21H2,1-3H3. The summed E-state index contributed by atoms with van der Waals surface area (Å²) < 4.78 is 38.4. The van der Waals surface area contributed by atoms with Crippen LogP contribution in [0.5, 0.6) is 0 Å². The molecule has 4 heteroatoms. The van der Waals surface area contributed by atoms with Crippen molar-refractivity contribution in [3.8, 4) is 0 Å². The molecule has 0 spiro atoms. The Morgan fingerprint density at radius 1 is 0.905 bits per heavy atom. The van der Waals surface area contributed by atoms with E-state index in [1.54, 1.807) is 6.07 Å². The molecule has 0 bridgehead atoms. The van der Waals surface area contributed by atoms with E-state index in [-0.39, 0.29) is 0 Å². The highest BCUT2D eigenvalue weighted by atomic mass is 19.4. The van der Waals surface area contributed by atoms with E-state index in [9.17, 15) is 13.2 Å². The minimum Gasteiger partial charge on any atom is -0.320 e. The lowest BCUT2D eigenvalue weighted by atomic mass is 9.91. The van der Waals surface area contributed by atoms with Crippen molar-refractivity contribution in [1.29, 1.82) is 0 Å². The van der Waals surface area contributed by atoms with Gasteiger partial charge in [0, 0.05) is 0 Å². The van der Waals surface area contributed by atoms with Gasteiger partial charge in [-0.3, -0.25) is 0 Å². The van der Waals surface area contributed by atoms with E-state index in [0.717, 1.165) is 34.4 Å². The van der Waals surface area contributed by atoms with E-state index in [1.807, 2.05) is 32.9 Å². The average Bonchev–Trinajstić information content (AvgIpc) is 2.41. The van der Waals surface area contributed by atoms with Gasteiger partial charge in [0.05, 0.1) is 11.6 Å². The molecule has 1 nitrogen and oxygen atoms in total. The molecule has 2 N–H and O–H groups in total. The zero-order chi connectivity index (χ0) is 15.8. The van der Waals surface area contributed by atoms with Crippen molar-refractivity contribution in [3.63, 3.8) is 0 Å². The van der Waals surface area contributed by atoms with Crippen molar-refractivity contribution < 1.29 is 13.2 Å². The lowest BCUT2D eigenvalue weighted by Gasteiger charge is -2.18. The summed E-state index contributed by atoms with van der Waals surface area (Å²) in [5.74, 6) is 0. The van der Waals surface area contributed by atoms with Crippen molar-refractivity contribution in [2.75, 3.05) is 0 Å². The van der Waals surface area contributed by atoms with Crippen molar-refractivity contribution in [1.82, 2.24) is 0 Å². The van der Waals surface area contributed by atoms with Gasteiger partial charge in [0.25, 0.3) is 0 Å². The Hall–Kier alpha value is -1.81. The second kappa shape index (κ2) is 5.53. The number of nitrogens with two attached hydrogens (primary N) is 1. The summed E-state index contributed by atoms with van der Waals surface area (Å²) in [6.07, 6.45) is -4.35. The average molecular weight is 293 g/mol. The maximum absolute atomic E-state index is 12.8.